The van der Waals surface area contributed by atoms with Crippen molar-refractivity contribution in [2.24, 2.45) is 0 Å². The molecule has 5 heteroatoms. The van der Waals surface area contributed by atoms with E-state index in [0.29, 0.717) is 0 Å². The number of rotatable bonds is 6. The molecule has 1 N–H and O–H groups in total. The Morgan fingerprint density at radius 1 is 1.08 bits per heavy atom. The van der Waals surface area contributed by atoms with Gasteiger partial charge in [0.05, 0.1) is 4.47 Å². The van der Waals surface area contributed by atoms with E-state index in [0.717, 1.165) is 40.4 Å². The van der Waals surface area contributed by atoms with Crippen LogP contribution in [0.25, 0.3) is 10.9 Å². The van der Waals surface area contributed by atoms with Crippen LogP contribution in [0.15, 0.2) is 63.9 Å². The molecule has 0 bridgehead atoms. The monoisotopic (exact) mass is 403 g/mol. The van der Waals surface area contributed by atoms with E-state index in [4.69, 9.17) is 4.74 Å². The molecule has 1 unspecified atom stereocenters. The summed E-state index contributed by atoms with van der Waals surface area (Å²) in [6, 6.07) is 17.4. The molecular weight excluding hydrogens is 386 g/mol. The van der Waals surface area contributed by atoms with Gasteiger partial charge in [0.15, 0.2) is 0 Å². The van der Waals surface area contributed by atoms with Gasteiger partial charge in [0.1, 0.15) is 11.2 Å². The van der Waals surface area contributed by atoms with Gasteiger partial charge < -0.3 is 9.72 Å². The lowest BCUT2D eigenvalue weighted by Crippen LogP contribution is -2.10. The molecule has 124 valence electrons. The summed E-state index contributed by atoms with van der Waals surface area (Å²) >= 11 is 8.10. The van der Waals surface area contributed by atoms with Crippen molar-refractivity contribution in [2.75, 3.05) is 0 Å². The van der Waals surface area contributed by atoms with Gasteiger partial charge in [-0.25, -0.2) is 0 Å². The summed E-state index contributed by atoms with van der Waals surface area (Å²) < 4.78 is 6.78. The summed E-state index contributed by atoms with van der Waals surface area (Å²) in [7, 11) is 0. The molecule has 0 saturated heterocycles. The molecule has 24 heavy (non-hydrogen) atoms. The van der Waals surface area contributed by atoms with E-state index in [1.54, 1.807) is 6.07 Å². The number of nitrogens with one attached hydrogen (secondary N) is 1. The molecule has 2 aromatic carbocycles. The van der Waals surface area contributed by atoms with Crippen LogP contribution in [0.4, 0.5) is 0 Å². The number of pyridine rings is 1. The minimum atomic E-state index is -0.176. The zero-order valence-corrected chi connectivity index (χ0v) is 15.5. The second-order valence-electron chi connectivity index (χ2n) is 5.61. The first-order valence-electron chi connectivity index (χ1n) is 7.83. The van der Waals surface area contributed by atoms with Crippen LogP contribution >= 0.6 is 28.6 Å². The number of fused-ring (bicyclic) bond motifs is 1. The molecule has 0 saturated carbocycles. The number of ether oxygens (including phenoxy) is 1. The highest BCUT2D eigenvalue weighted by Crippen LogP contribution is 2.33. The zero-order valence-electron chi connectivity index (χ0n) is 13.0. The van der Waals surface area contributed by atoms with Gasteiger partial charge in [0, 0.05) is 17.0 Å². The maximum atomic E-state index is 11.4. The molecular formula is C19H18BrNO2S. The highest BCUT2D eigenvalue weighted by Gasteiger charge is 2.11. The first kappa shape index (κ1) is 17.1. The van der Waals surface area contributed by atoms with Crippen molar-refractivity contribution >= 4 is 39.5 Å². The Morgan fingerprint density at radius 3 is 2.67 bits per heavy atom. The summed E-state index contributed by atoms with van der Waals surface area (Å²) in [4.78, 5) is 14.2. The van der Waals surface area contributed by atoms with E-state index in [1.807, 2.05) is 18.2 Å². The van der Waals surface area contributed by atoms with Crippen LogP contribution in [0, 0.1) is 0 Å². The molecule has 3 aromatic rings. The summed E-state index contributed by atoms with van der Waals surface area (Å²) in [6.07, 6.45) is 2.88. The molecule has 0 radical (unpaired) electrons. The van der Waals surface area contributed by atoms with Crippen molar-refractivity contribution in [2.45, 2.75) is 24.7 Å². The number of hydrogen-bond acceptors (Lipinski definition) is 3. The molecule has 0 aliphatic rings. The molecule has 3 rings (SSSR count). The van der Waals surface area contributed by atoms with Gasteiger partial charge in [0.25, 0.3) is 0 Å². The zero-order chi connectivity index (χ0) is 16.9. The topological polar surface area (TPSA) is 42.1 Å². The minimum Gasteiger partial charge on any atom is -0.479 e. The number of H-pyrrole nitrogens is 1. The maximum Gasteiger partial charge on any atom is 0.248 e. The fraction of sp³-hybridized carbons (Fsp3) is 0.211. The van der Waals surface area contributed by atoms with Crippen molar-refractivity contribution in [3.8, 4) is 5.75 Å². The first-order chi connectivity index (χ1) is 11.6. The lowest BCUT2D eigenvalue weighted by Gasteiger charge is -2.16. The van der Waals surface area contributed by atoms with E-state index >= 15 is 0 Å². The molecule has 0 aliphatic carbocycles. The minimum absolute atomic E-state index is 0.115. The molecule has 0 fully saturated rings. The standard InChI is InChI=1S/C19H18BrNO2S/c20-19-14-9-12-17(22)21-15(14)10-11-16(19)23-18(24)8-4-7-13-5-2-1-3-6-13/h1-3,5-6,9-12,18,24H,4,7-8H2,(H,21,22). The summed E-state index contributed by atoms with van der Waals surface area (Å²) in [6.45, 7) is 0. The lowest BCUT2D eigenvalue weighted by atomic mass is 10.1. The second kappa shape index (κ2) is 7.90. The van der Waals surface area contributed by atoms with Gasteiger partial charge in [-0.15, -0.1) is 12.6 Å². The number of aromatic nitrogens is 1. The van der Waals surface area contributed by atoms with Gasteiger partial charge >= 0.3 is 0 Å². The van der Waals surface area contributed by atoms with E-state index in [-0.39, 0.29) is 11.0 Å². The molecule has 0 spiro atoms. The van der Waals surface area contributed by atoms with Crippen molar-refractivity contribution in [3.05, 3.63) is 75.0 Å². The van der Waals surface area contributed by atoms with E-state index in [2.05, 4.69) is 57.8 Å². The quantitative estimate of drug-likeness (QED) is 0.451. The van der Waals surface area contributed by atoms with E-state index < -0.39 is 0 Å². The van der Waals surface area contributed by atoms with Gasteiger partial charge in [-0.1, -0.05) is 30.3 Å². The second-order valence-corrected chi connectivity index (χ2v) is 6.98. The van der Waals surface area contributed by atoms with Crippen molar-refractivity contribution in [1.82, 2.24) is 4.98 Å². The van der Waals surface area contributed by atoms with Crippen LogP contribution in [-0.4, -0.2) is 10.4 Å². The predicted molar refractivity (Wildman–Crippen MR) is 105 cm³/mol. The number of hydrogen-bond donors (Lipinski definition) is 2. The number of halogens is 1. The van der Waals surface area contributed by atoms with Gasteiger partial charge in [0.2, 0.25) is 5.56 Å². The van der Waals surface area contributed by atoms with E-state index in [9.17, 15) is 4.79 Å². The average Bonchev–Trinajstić information content (AvgIpc) is 2.58. The maximum absolute atomic E-state index is 11.4. The van der Waals surface area contributed by atoms with Crippen molar-refractivity contribution < 1.29 is 4.74 Å². The molecule has 1 atom stereocenters. The predicted octanol–water partition coefficient (Wildman–Crippen LogP) is 4.95. The Bertz CT molecular complexity index is 879. The van der Waals surface area contributed by atoms with Crippen molar-refractivity contribution in [3.63, 3.8) is 0 Å². The summed E-state index contributed by atoms with van der Waals surface area (Å²) in [5.74, 6) is 0.731. The van der Waals surface area contributed by atoms with Crippen LogP contribution < -0.4 is 10.3 Å². The Labute approximate surface area is 154 Å². The lowest BCUT2D eigenvalue weighted by molar-refractivity contribution is 0.274. The van der Waals surface area contributed by atoms with Crippen LogP contribution in [0.5, 0.6) is 5.75 Å². The van der Waals surface area contributed by atoms with Crippen LogP contribution in [-0.2, 0) is 6.42 Å². The number of aryl methyl sites for hydroxylation is 1. The smallest absolute Gasteiger partial charge is 0.248 e. The fourth-order valence-corrected chi connectivity index (χ4v) is 3.47. The number of thiol groups is 1. The Balaban J connectivity index is 1.63. The third kappa shape index (κ3) is 4.22. The third-order valence-corrected chi connectivity index (χ3v) is 5.01. The fourth-order valence-electron chi connectivity index (χ4n) is 2.60. The van der Waals surface area contributed by atoms with E-state index in [1.165, 1.54) is 11.6 Å². The average molecular weight is 404 g/mol. The molecule has 0 amide bonds. The Hall–Kier alpha value is -1.72. The van der Waals surface area contributed by atoms with Crippen LogP contribution in [0.1, 0.15) is 18.4 Å². The van der Waals surface area contributed by atoms with Gasteiger partial charge in [-0.2, -0.15) is 0 Å². The van der Waals surface area contributed by atoms with Gasteiger partial charge in [-0.05, 0) is 59.0 Å². The highest BCUT2D eigenvalue weighted by molar-refractivity contribution is 9.10. The van der Waals surface area contributed by atoms with Crippen LogP contribution in [0.2, 0.25) is 0 Å². The SMILES string of the molecule is O=c1ccc2c(Br)c(OC(S)CCCc3ccccc3)ccc2[nH]1. The Morgan fingerprint density at radius 2 is 1.88 bits per heavy atom. The van der Waals surface area contributed by atoms with Crippen molar-refractivity contribution in [1.29, 1.82) is 0 Å². The number of aromatic amines is 1. The highest BCUT2D eigenvalue weighted by atomic mass is 79.9. The largest absolute Gasteiger partial charge is 0.479 e. The molecule has 0 aliphatic heterocycles. The molecule has 3 nitrogen and oxygen atoms in total. The molecule has 1 heterocycles. The van der Waals surface area contributed by atoms with Gasteiger partial charge in [-0.3, -0.25) is 4.79 Å². The third-order valence-electron chi connectivity index (χ3n) is 3.83. The number of benzene rings is 2. The summed E-state index contributed by atoms with van der Waals surface area (Å²) in [5, 5.41) is 0.914. The first-order valence-corrected chi connectivity index (χ1v) is 9.14. The van der Waals surface area contributed by atoms with Crippen LogP contribution in [0.3, 0.4) is 0 Å². The normalized spacial score (nSPS) is 12.2. The summed E-state index contributed by atoms with van der Waals surface area (Å²) in [5.41, 5.74) is 1.82. The Kier molecular flexibility index (Phi) is 5.63. The molecule has 1 aromatic heterocycles.